The smallest absolute Gasteiger partial charge is 0.385 e. The highest BCUT2D eigenvalue weighted by molar-refractivity contribution is 5.94. The molecule has 6 heteroatoms. The second-order valence-electron chi connectivity index (χ2n) is 4.87. The molecule has 1 N–H and O–H groups in total. The molecule has 0 bridgehead atoms. The fourth-order valence-corrected chi connectivity index (χ4v) is 1.97. The predicted octanol–water partition coefficient (Wildman–Crippen LogP) is 4.01. The first kappa shape index (κ1) is 17.3. The van der Waals surface area contributed by atoms with Gasteiger partial charge in [0.15, 0.2) is 0 Å². The van der Waals surface area contributed by atoms with E-state index in [1.165, 1.54) is 17.0 Å². The van der Waals surface area contributed by atoms with Crippen LogP contribution in [-0.4, -0.2) is 30.9 Å². The van der Waals surface area contributed by atoms with E-state index >= 15 is 0 Å². The van der Waals surface area contributed by atoms with E-state index in [-0.39, 0.29) is 11.3 Å². The molecule has 0 saturated carbocycles. The highest BCUT2D eigenvalue weighted by Gasteiger charge is 2.34. The lowest BCUT2D eigenvalue weighted by atomic mass is 10.1. The minimum absolute atomic E-state index is 0.00207. The zero-order chi connectivity index (χ0) is 16.0. The van der Waals surface area contributed by atoms with Crippen molar-refractivity contribution in [2.24, 2.45) is 0 Å². The van der Waals surface area contributed by atoms with Gasteiger partial charge < -0.3 is 10.2 Å². The molecule has 0 spiro atoms. The van der Waals surface area contributed by atoms with E-state index in [2.05, 4.69) is 5.32 Å². The third kappa shape index (κ3) is 4.65. The Kier molecular flexibility index (Phi) is 6.05. The summed E-state index contributed by atoms with van der Waals surface area (Å²) in [5.74, 6) is -0.392. The Balaban J connectivity index is 3.07. The van der Waals surface area contributed by atoms with Crippen LogP contribution in [0.4, 0.5) is 18.9 Å². The highest BCUT2D eigenvalue weighted by atomic mass is 19.4. The Morgan fingerprint density at radius 3 is 2.48 bits per heavy atom. The Bertz CT molecular complexity index is 486. The molecule has 21 heavy (non-hydrogen) atoms. The number of anilines is 1. The predicted molar refractivity (Wildman–Crippen MR) is 77.5 cm³/mol. The van der Waals surface area contributed by atoms with Crippen molar-refractivity contribution in [1.82, 2.24) is 4.90 Å². The Morgan fingerprint density at radius 2 is 1.95 bits per heavy atom. The fourth-order valence-electron chi connectivity index (χ4n) is 1.97. The molecule has 118 valence electrons. The van der Waals surface area contributed by atoms with Gasteiger partial charge in [-0.1, -0.05) is 13.3 Å². The van der Waals surface area contributed by atoms with Crippen molar-refractivity contribution in [3.05, 3.63) is 29.3 Å². The average Bonchev–Trinajstić information content (AvgIpc) is 2.43. The number of amides is 1. The average molecular weight is 302 g/mol. The van der Waals surface area contributed by atoms with Crippen LogP contribution in [-0.2, 0) is 6.18 Å². The molecule has 1 aromatic rings. The quantitative estimate of drug-likeness (QED) is 0.861. The molecule has 0 unspecified atom stereocenters. The van der Waals surface area contributed by atoms with Crippen LogP contribution in [0, 0.1) is 0 Å². The Hall–Kier alpha value is -1.72. The lowest BCUT2D eigenvalue weighted by Gasteiger charge is -2.19. The molecule has 0 radical (unpaired) electrons. The number of carbonyl (C=O) groups is 1. The molecular weight excluding hydrogens is 281 g/mol. The van der Waals surface area contributed by atoms with Crippen molar-refractivity contribution in [3.63, 3.8) is 0 Å². The van der Waals surface area contributed by atoms with Crippen LogP contribution < -0.4 is 5.32 Å². The second kappa shape index (κ2) is 7.33. The number of hydrogen-bond donors (Lipinski definition) is 1. The molecule has 1 aromatic carbocycles. The van der Waals surface area contributed by atoms with Gasteiger partial charge >= 0.3 is 6.18 Å². The molecule has 1 amide bonds. The lowest BCUT2D eigenvalue weighted by molar-refractivity contribution is -0.137. The summed E-state index contributed by atoms with van der Waals surface area (Å²) < 4.78 is 39.2. The number of unbranched alkanes of at least 4 members (excludes halogenated alkanes) is 1. The molecule has 0 aliphatic rings. The van der Waals surface area contributed by atoms with Gasteiger partial charge in [-0.05, 0) is 31.5 Å². The van der Waals surface area contributed by atoms with Gasteiger partial charge in [0.2, 0.25) is 0 Å². The second-order valence-corrected chi connectivity index (χ2v) is 4.87. The maximum atomic E-state index is 13.1. The third-order valence-electron chi connectivity index (χ3n) is 3.13. The van der Waals surface area contributed by atoms with Gasteiger partial charge in [0.05, 0.1) is 5.56 Å². The number of hydrogen-bond acceptors (Lipinski definition) is 2. The summed E-state index contributed by atoms with van der Waals surface area (Å²) in [5.41, 5.74) is -0.751. The van der Waals surface area contributed by atoms with Crippen LogP contribution in [0.2, 0.25) is 0 Å². The molecule has 0 fully saturated rings. The molecule has 0 atom stereocenters. The summed E-state index contributed by atoms with van der Waals surface area (Å²) in [5, 5.41) is 2.67. The summed E-state index contributed by atoms with van der Waals surface area (Å²) in [4.78, 5) is 13.6. The normalized spacial score (nSPS) is 11.3. The van der Waals surface area contributed by atoms with E-state index in [1.807, 2.05) is 6.92 Å². The fraction of sp³-hybridized carbons (Fsp3) is 0.533. The van der Waals surface area contributed by atoms with Crippen molar-refractivity contribution < 1.29 is 18.0 Å². The third-order valence-corrected chi connectivity index (χ3v) is 3.13. The van der Waals surface area contributed by atoms with Crippen molar-refractivity contribution >= 4 is 11.6 Å². The number of benzene rings is 1. The number of halogens is 3. The van der Waals surface area contributed by atoms with E-state index in [0.717, 1.165) is 18.9 Å². The van der Waals surface area contributed by atoms with Gasteiger partial charge in [-0.25, -0.2) is 0 Å². The number of carbonyl (C=O) groups excluding carboxylic acids is 1. The molecule has 0 heterocycles. The minimum Gasteiger partial charge on any atom is -0.385 e. The van der Waals surface area contributed by atoms with Gasteiger partial charge in [0.25, 0.3) is 5.91 Å². The van der Waals surface area contributed by atoms with Gasteiger partial charge in [-0.15, -0.1) is 0 Å². The van der Waals surface area contributed by atoms with E-state index < -0.39 is 17.6 Å². The van der Waals surface area contributed by atoms with Crippen molar-refractivity contribution in [2.45, 2.75) is 32.9 Å². The molecule has 0 aliphatic heterocycles. The van der Waals surface area contributed by atoms with Gasteiger partial charge in [0.1, 0.15) is 0 Å². The van der Waals surface area contributed by atoms with Crippen LogP contribution in [0.15, 0.2) is 18.2 Å². The maximum Gasteiger partial charge on any atom is 0.418 e. The zero-order valence-electron chi connectivity index (χ0n) is 12.5. The number of nitrogens with zero attached hydrogens (tertiary/aromatic N) is 1. The summed E-state index contributed by atoms with van der Waals surface area (Å²) >= 11 is 0. The van der Waals surface area contributed by atoms with Crippen LogP contribution in [0.3, 0.4) is 0 Å². The highest BCUT2D eigenvalue weighted by Crippen LogP contribution is 2.35. The largest absolute Gasteiger partial charge is 0.418 e. The lowest BCUT2D eigenvalue weighted by Crippen LogP contribution is -2.28. The minimum atomic E-state index is -4.49. The first-order valence-electron chi connectivity index (χ1n) is 7.01. The number of alkyl halides is 3. The van der Waals surface area contributed by atoms with E-state index in [9.17, 15) is 18.0 Å². The molecule has 1 rings (SSSR count). The molecule has 0 saturated heterocycles. The summed E-state index contributed by atoms with van der Waals surface area (Å²) in [6, 6.07) is 3.66. The van der Waals surface area contributed by atoms with Crippen molar-refractivity contribution in [2.75, 3.05) is 25.5 Å². The van der Waals surface area contributed by atoms with Crippen LogP contribution >= 0.6 is 0 Å². The van der Waals surface area contributed by atoms with E-state index in [0.29, 0.717) is 13.1 Å². The van der Waals surface area contributed by atoms with E-state index in [4.69, 9.17) is 0 Å². The first-order chi connectivity index (χ1) is 9.81. The standard InChI is InChI=1S/C15H21F3N2O/c1-4-6-9-20(3)14(21)11-7-8-13(19-5-2)12(10-11)15(16,17)18/h7-8,10,19H,4-6,9H2,1-3H3. The summed E-state index contributed by atoms with van der Waals surface area (Å²) in [6.45, 7) is 4.63. The zero-order valence-corrected chi connectivity index (χ0v) is 12.5. The Labute approximate surface area is 123 Å². The maximum absolute atomic E-state index is 13.1. The van der Waals surface area contributed by atoms with Crippen LogP contribution in [0.1, 0.15) is 42.6 Å². The van der Waals surface area contributed by atoms with E-state index in [1.54, 1.807) is 14.0 Å². The van der Waals surface area contributed by atoms with Gasteiger partial charge in [-0.2, -0.15) is 13.2 Å². The molecule has 0 aliphatic carbocycles. The molecule has 0 aromatic heterocycles. The van der Waals surface area contributed by atoms with Gasteiger partial charge in [0, 0.05) is 31.4 Å². The van der Waals surface area contributed by atoms with Crippen LogP contribution in [0.5, 0.6) is 0 Å². The van der Waals surface area contributed by atoms with Crippen molar-refractivity contribution in [3.8, 4) is 0 Å². The molecular formula is C15H21F3N2O. The number of nitrogens with one attached hydrogen (secondary N) is 1. The van der Waals surface area contributed by atoms with Crippen LogP contribution in [0.25, 0.3) is 0 Å². The SMILES string of the molecule is CCCCN(C)C(=O)c1ccc(NCC)c(C(F)(F)F)c1. The monoisotopic (exact) mass is 302 g/mol. The van der Waals surface area contributed by atoms with Gasteiger partial charge in [-0.3, -0.25) is 4.79 Å². The number of rotatable bonds is 6. The summed E-state index contributed by atoms with van der Waals surface area (Å²) in [7, 11) is 1.60. The first-order valence-corrected chi connectivity index (χ1v) is 7.01. The molecule has 3 nitrogen and oxygen atoms in total. The topological polar surface area (TPSA) is 32.3 Å². The Morgan fingerprint density at radius 1 is 1.29 bits per heavy atom. The van der Waals surface area contributed by atoms with Crippen molar-refractivity contribution in [1.29, 1.82) is 0 Å². The summed E-state index contributed by atoms with van der Waals surface area (Å²) in [6.07, 6.45) is -2.75.